The van der Waals surface area contributed by atoms with Gasteiger partial charge in [-0.15, -0.1) is 0 Å². The number of nitriles is 1. The van der Waals surface area contributed by atoms with Crippen molar-refractivity contribution in [2.75, 3.05) is 36.4 Å². The minimum Gasteiger partial charge on any atom is -0.477 e. The third kappa shape index (κ3) is 4.97. The van der Waals surface area contributed by atoms with Crippen LogP contribution < -0.4 is 15.0 Å². The summed E-state index contributed by atoms with van der Waals surface area (Å²) in [5.74, 6) is 0.588. The maximum atomic E-state index is 13.0. The summed E-state index contributed by atoms with van der Waals surface area (Å²) in [5, 5.41) is 11.7. The van der Waals surface area contributed by atoms with Crippen LogP contribution in [0.5, 0.6) is 5.75 Å². The largest absolute Gasteiger partial charge is 0.477 e. The average Bonchev–Trinajstić information content (AvgIpc) is 2.83. The lowest BCUT2D eigenvalue weighted by Crippen LogP contribution is -2.51. The van der Waals surface area contributed by atoms with Crippen molar-refractivity contribution in [1.82, 2.24) is 4.90 Å². The molecule has 2 aliphatic rings. The standard InChI is InChI=1S/C24H26N4O3/c25-16-18-8-10-19(11-9-18)26-23(29)12-15-28-17-22(24(30)27-13-4-1-5-14-27)31-21-7-3-2-6-20(21)28/h2-3,6-11,22H,1,4-5,12-15,17H2,(H,26,29). The molecule has 0 aromatic heterocycles. The maximum Gasteiger partial charge on any atom is 0.265 e. The zero-order chi connectivity index (χ0) is 21.6. The van der Waals surface area contributed by atoms with Gasteiger partial charge in [-0.05, 0) is 55.7 Å². The summed E-state index contributed by atoms with van der Waals surface area (Å²) in [4.78, 5) is 29.4. The molecule has 160 valence electrons. The molecule has 7 nitrogen and oxygen atoms in total. The number of carbonyl (C=O) groups is 2. The SMILES string of the molecule is N#Cc1ccc(NC(=O)CCN2CC(C(=O)N3CCCCC3)Oc3ccccc32)cc1. The van der Waals surface area contributed by atoms with E-state index in [1.165, 1.54) is 6.42 Å². The Kier molecular flexibility index (Phi) is 6.37. The Labute approximate surface area is 182 Å². The quantitative estimate of drug-likeness (QED) is 0.806. The molecular formula is C24H26N4O3. The van der Waals surface area contributed by atoms with Crippen LogP contribution in [0.15, 0.2) is 48.5 Å². The number of rotatable bonds is 5. The summed E-state index contributed by atoms with van der Waals surface area (Å²) in [6.07, 6.45) is 2.95. The van der Waals surface area contributed by atoms with Gasteiger partial charge >= 0.3 is 0 Å². The summed E-state index contributed by atoms with van der Waals surface area (Å²) < 4.78 is 6.04. The molecule has 1 N–H and O–H groups in total. The van der Waals surface area contributed by atoms with E-state index in [0.717, 1.165) is 31.6 Å². The fourth-order valence-electron chi connectivity index (χ4n) is 4.05. The molecule has 2 aromatic carbocycles. The number of nitrogens with zero attached hydrogens (tertiary/aromatic N) is 3. The highest BCUT2D eigenvalue weighted by Gasteiger charge is 2.33. The number of hydrogen-bond donors (Lipinski definition) is 1. The highest BCUT2D eigenvalue weighted by molar-refractivity contribution is 5.91. The molecule has 1 saturated heterocycles. The molecule has 2 aromatic rings. The number of anilines is 2. The lowest BCUT2D eigenvalue weighted by Gasteiger charge is -2.38. The molecule has 1 unspecified atom stereocenters. The fourth-order valence-corrected chi connectivity index (χ4v) is 4.05. The number of amides is 2. The van der Waals surface area contributed by atoms with Crippen molar-refractivity contribution in [3.63, 3.8) is 0 Å². The predicted molar refractivity (Wildman–Crippen MR) is 118 cm³/mol. The monoisotopic (exact) mass is 418 g/mol. The van der Waals surface area contributed by atoms with Gasteiger partial charge in [0.1, 0.15) is 5.75 Å². The third-order valence-electron chi connectivity index (χ3n) is 5.71. The van der Waals surface area contributed by atoms with Crippen molar-refractivity contribution in [1.29, 1.82) is 5.26 Å². The summed E-state index contributed by atoms with van der Waals surface area (Å²) in [5.41, 5.74) is 2.10. The molecule has 7 heteroatoms. The number of hydrogen-bond acceptors (Lipinski definition) is 5. The van der Waals surface area contributed by atoms with Crippen LogP contribution >= 0.6 is 0 Å². The molecule has 0 radical (unpaired) electrons. The first-order valence-corrected chi connectivity index (χ1v) is 10.7. The van der Waals surface area contributed by atoms with Gasteiger partial charge in [-0.1, -0.05) is 12.1 Å². The van der Waals surface area contributed by atoms with E-state index in [4.69, 9.17) is 10.00 Å². The highest BCUT2D eigenvalue weighted by atomic mass is 16.5. The van der Waals surface area contributed by atoms with Gasteiger partial charge in [0.25, 0.3) is 5.91 Å². The smallest absolute Gasteiger partial charge is 0.265 e. The lowest BCUT2D eigenvalue weighted by atomic mass is 10.1. The minimum atomic E-state index is -0.561. The molecule has 0 spiro atoms. The van der Waals surface area contributed by atoms with E-state index in [9.17, 15) is 9.59 Å². The molecule has 1 atom stereocenters. The van der Waals surface area contributed by atoms with Gasteiger partial charge in [0.15, 0.2) is 6.10 Å². The molecule has 4 rings (SSSR count). The minimum absolute atomic E-state index is 0.0289. The van der Waals surface area contributed by atoms with Crippen LogP contribution in [-0.4, -0.2) is 49.0 Å². The molecule has 0 aliphatic carbocycles. The van der Waals surface area contributed by atoms with Crippen LogP contribution in [0.25, 0.3) is 0 Å². The van der Waals surface area contributed by atoms with Gasteiger partial charge in [-0.3, -0.25) is 9.59 Å². The maximum absolute atomic E-state index is 13.0. The number of benzene rings is 2. The van der Waals surface area contributed by atoms with Crippen molar-refractivity contribution >= 4 is 23.2 Å². The number of carbonyl (C=O) groups excluding carboxylic acids is 2. The summed E-state index contributed by atoms with van der Waals surface area (Å²) in [6, 6.07) is 16.5. The van der Waals surface area contributed by atoms with E-state index in [1.54, 1.807) is 24.3 Å². The molecular weight excluding hydrogens is 392 g/mol. The van der Waals surface area contributed by atoms with Crippen molar-refractivity contribution in [3.05, 3.63) is 54.1 Å². The number of fused-ring (bicyclic) bond motifs is 1. The first kappa shape index (κ1) is 20.7. The van der Waals surface area contributed by atoms with Crippen LogP contribution in [0.1, 0.15) is 31.2 Å². The summed E-state index contributed by atoms with van der Waals surface area (Å²) in [7, 11) is 0. The molecule has 0 bridgehead atoms. The summed E-state index contributed by atoms with van der Waals surface area (Å²) >= 11 is 0. The van der Waals surface area contributed by atoms with E-state index < -0.39 is 6.10 Å². The Morgan fingerprint density at radius 3 is 2.55 bits per heavy atom. The van der Waals surface area contributed by atoms with Crippen molar-refractivity contribution in [3.8, 4) is 11.8 Å². The molecule has 1 fully saturated rings. The predicted octanol–water partition coefficient (Wildman–Crippen LogP) is 3.17. The lowest BCUT2D eigenvalue weighted by molar-refractivity contribution is -0.139. The second-order valence-electron chi connectivity index (χ2n) is 7.89. The van der Waals surface area contributed by atoms with E-state index in [0.29, 0.717) is 30.1 Å². The second kappa shape index (κ2) is 9.52. The van der Waals surface area contributed by atoms with Crippen molar-refractivity contribution in [2.45, 2.75) is 31.8 Å². The first-order valence-electron chi connectivity index (χ1n) is 10.7. The van der Waals surface area contributed by atoms with E-state index in [-0.39, 0.29) is 18.2 Å². The highest BCUT2D eigenvalue weighted by Crippen LogP contribution is 2.33. The summed E-state index contributed by atoms with van der Waals surface area (Å²) in [6.45, 7) is 2.48. The van der Waals surface area contributed by atoms with Gasteiger partial charge in [0.2, 0.25) is 5.91 Å². The number of ether oxygens (including phenoxy) is 1. The van der Waals surface area contributed by atoms with Gasteiger partial charge in [-0.25, -0.2) is 0 Å². The van der Waals surface area contributed by atoms with Crippen molar-refractivity contribution < 1.29 is 14.3 Å². The normalized spacial score (nSPS) is 17.8. The fraction of sp³-hybridized carbons (Fsp3) is 0.375. The Morgan fingerprint density at radius 1 is 1.06 bits per heavy atom. The first-order chi connectivity index (χ1) is 15.1. The number of nitrogens with one attached hydrogen (secondary N) is 1. The van der Waals surface area contributed by atoms with Gasteiger partial charge in [-0.2, -0.15) is 5.26 Å². The van der Waals surface area contributed by atoms with E-state index in [2.05, 4.69) is 16.3 Å². The van der Waals surface area contributed by atoms with Crippen LogP contribution in [0.2, 0.25) is 0 Å². The molecule has 0 saturated carbocycles. The Bertz CT molecular complexity index is 977. The van der Waals surface area contributed by atoms with Crippen LogP contribution in [-0.2, 0) is 9.59 Å². The third-order valence-corrected chi connectivity index (χ3v) is 5.71. The van der Waals surface area contributed by atoms with Gasteiger partial charge in [0, 0.05) is 31.7 Å². The molecule has 2 amide bonds. The van der Waals surface area contributed by atoms with Crippen LogP contribution in [0.4, 0.5) is 11.4 Å². The molecule has 31 heavy (non-hydrogen) atoms. The Balaban J connectivity index is 1.40. The zero-order valence-corrected chi connectivity index (χ0v) is 17.4. The van der Waals surface area contributed by atoms with Gasteiger partial charge in [0.05, 0.1) is 23.9 Å². The van der Waals surface area contributed by atoms with Crippen molar-refractivity contribution in [2.24, 2.45) is 0 Å². The molecule has 2 heterocycles. The van der Waals surface area contributed by atoms with E-state index >= 15 is 0 Å². The second-order valence-corrected chi connectivity index (χ2v) is 7.89. The Hall–Kier alpha value is -3.53. The Morgan fingerprint density at radius 2 is 1.81 bits per heavy atom. The zero-order valence-electron chi connectivity index (χ0n) is 17.4. The van der Waals surface area contributed by atoms with E-state index in [1.807, 2.05) is 29.2 Å². The van der Waals surface area contributed by atoms with Gasteiger partial charge < -0.3 is 19.9 Å². The number of para-hydroxylation sites is 2. The number of piperidine rings is 1. The number of likely N-dealkylation sites (tertiary alicyclic amines) is 1. The van der Waals surface area contributed by atoms with Crippen LogP contribution in [0, 0.1) is 11.3 Å². The van der Waals surface area contributed by atoms with Crippen LogP contribution in [0.3, 0.4) is 0 Å². The average molecular weight is 418 g/mol. The topological polar surface area (TPSA) is 85.7 Å². The molecule has 2 aliphatic heterocycles.